The number of esters is 1. The summed E-state index contributed by atoms with van der Waals surface area (Å²) < 4.78 is 19.1. The van der Waals surface area contributed by atoms with Gasteiger partial charge in [-0.2, -0.15) is 0 Å². The molecule has 0 fully saturated rings. The van der Waals surface area contributed by atoms with Gasteiger partial charge in [-0.3, -0.25) is 24.5 Å². The van der Waals surface area contributed by atoms with E-state index in [-0.39, 0.29) is 5.69 Å². The fourth-order valence-corrected chi connectivity index (χ4v) is 3.21. The Morgan fingerprint density at radius 3 is 2.37 bits per heavy atom. The number of methoxy groups -OCH3 is 1. The molecule has 142 valence electrons. The van der Waals surface area contributed by atoms with Gasteiger partial charge < -0.3 is 10.1 Å². The summed E-state index contributed by atoms with van der Waals surface area (Å²) in [7, 11) is 1.14. The quantitative estimate of drug-likeness (QED) is 0.361. The topological polar surface area (TPSA) is 119 Å². The van der Waals surface area contributed by atoms with Crippen LogP contribution in [0.1, 0.15) is 25.7 Å². The van der Waals surface area contributed by atoms with Crippen LogP contribution in [0.2, 0.25) is 0 Å². The normalized spacial score (nSPS) is 16.4. The van der Waals surface area contributed by atoms with E-state index in [0.717, 1.165) is 32.1 Å². The van der Waals surface area contributed by atoms with Crippen LogP contribution in [-0.4, -0.2) is 36.4 Å². The summed E-state index contributed by atoms with van der Waals surface area (Å²) >= 11 is 0. The van der Waals surface area contributed by atoms with Crippen molar-refractivity contribution in [1.29, 1.82) is 0 Å². The fraction of sp³-hybridized carbons (Fsp3) is 0.353. The van der Waals surface area contributed by atoms with E-state index in [9.17, 15) is 28.9 Å². The van der Waals surface area contributed by atoms with E-state index in [1.54, 1.807) is 0 Å². The van der Waals surface area contributed by atoms with Gasteiger partial charge >= 0.3 is 5.97 Å². The molecule has 0 saturated carbocycles. The number of nitrogens with zero attached hydrogens (tertiary/aromatic N) is 2. The highest BCUT2D eigenvalue weighted by Crippen LogP contribution is 2.39. The number of imide groups is 1. The Bertz CT molecular complexity index is 867. The van der Waals surface area contributed by atoms with Crippen molar-refractivity contribution < 1.29 is 28.4 Å². The van der Waals surface area contributed by atoms with Gasteiger partial charge in [-0.1, -0.05) is 0 Å². The Kier molecular flexibility index (Phi) is 4.89. The van der Waals surface area contributed by atoms with Crippen molar-refractivity contribution in [2.24, 2.45) is 0 Å². The van der Waals surface area contributed by atoms with Gasteiger partial charge in [0.15, 0.2) is 0 Å². The number of halogens is 1. The van der Waals surface area contributed by atoms with Crippen LogP contribution in [0.25, 0.3) is 0 Å². The standard InChI is InChI=1S/C17H16FN3O6/c1-27-15(22)8-19-12-6-11(18)13(7-14(12)21(25)26)20-16(23)9-4-2-3-5-10(9)17(20)24/h6-7,19H,2-5,8H2,1H3. The van der Waals surface area contributed by atoms with Gasteiger partial charge in [-0.15, -0.1) is 0 Å². The fourth-order valence-electron chi connectivity index (χ4n) is 3.21. The Morgan fingerprint density at radius 1 is 1.26 bits per heavy atom. The molecule has 0 radical (unpaired) electrons. The van der Waals surface area contributed by atoms with Crippen molar-refractivity contribution in [3.63, 3.8) is 0 Å². The summed E-state index contributed by atoms with van der Waals surface area (Å²) in [5.74, 6) is -2.97. The molecule has 9 nitrogen and oxygen atoms in total. The van der Waals surface area contributed by atoms with E-state index < -0.39 is 46.4 Å². The SMILES string of the molecule is COC(=O)CNc1cc(F)c(N2C(=O)C3=C(CCCC3)C2=O)cc1[N+](=O)[O-]. The Balaban J connectivity index is 1.98. The summed E-state index contributed by atoms with van der Waals surface area (Å²) in [4.78, 5) is 47.5. The molecule has 0 bridgehead atoms. The number of ether oxygens (including phenoxy) is 1. The Labute approximate surface area is 152 Å². The maximum atomic E-state index is 14.6. The van der Waals surface area contributed by atoms with Crippen molar-refractivity contribution in [3.8, 4) is 0 Å². The zero-order valence-corrected chi connectivity index (χ0v) is 14.4. The summed E-state index contributed by atoms with van der Waals surface area (Å²) in [6.45, 7) is -0.409. The first kappa shape index (κ1) is 18.5. The lowest BCUT2D eigenvalue weighted by Gasteiger charge is -2.17. The molecule has 2 amide bonds. The Morgan fingerprint density at radius 2 is 1.85 bits per heavy atom. The minimum Gasteiger partial charge on any atom is -0.468 e. The smallest absolute Gasteiger partial charge is 0.325 e. The summed E-state index contributed by atoms with van der Waals surface area (Å²) in [5.41, 5.74) is -0.610. The first-order valence-corrected chi connectivity index (χ1v) is 8.24. The van der Waals surface area contributed by atoms with Crippen molar-refractivity contribution in [2.45, 2.75) is 25.7 Å². The predicted octanol–water partition coefficient (Wildman–Crippen LogP) is 2.06. The zero-order valence-electron chi connectivity index (χ0n) is 14.4. The van der Waals surface area contributed by atoms with Crippen LogP contribution in [0.4, 0.5) is 21.5 Å². The molecule has 0 spiro atoms. The molecule has 1 aliphatic carbocycles. The van der Waals surface area contributed by atoms with Gasteiger partial charge in [-0.05, 0) is 25.7 Å². The molecule has 1 N–H and O–H groups in total. The molecule has 27 heavy (non-hydrogen) atoms. The highest BCUT2D eigenvalue weighted by molar-refractivity contribution is 6.33. The number of nitro benzene ring substituents is 1. The number of carbonyl (C=O) groups is 3. The molecule has 0 unspecified atom stereocenters. The lowest BCUT2D eigenvalue weighted by Crippen LogP contribution is -2.32. The number of hydrogen-bond donors (Lipinski definition) is 1. The van der Waals surface area contributed by atoms with Crippen LogP contribution in [-0.2, 0) is 19.1 Å². The highest BCUT2D eigenvalue weighted by Gasteiger charge is 2.41. The van der Waals surface area contributed by atoms with E-state index in [4.69, 9.17) is 0 Å². The van der Waals surface area contributed by atoms with E-state index in [1.165, 1.54) is 0 Å². The van der Waals surface area contributed by atoms with E-state index in [1.807, 2.05) is 0 Å². The van der Waals surface area contributed by atoms with Crippen LogP contribution in [0.3, 0.4) is 0 Å². The molecular weight excluding hydrogens is 361 g/mol. The lowest BCUT2D eigenvalue weighted by atomic mass is 9.93. The van der Waals surface area contributed by atoms with E-state index in [2.05, 4.69) is 10.1 Å². The number of carbonyl (C=O) groups excluding carboxylic acids is 3. The van der Waals surface area contributed by atoms with Gasteiger partial charge in [0.1, 0.15) is 18.0 Å². The molecule has 0 aromatic heterocycles. The van der Waals surface area contributed by atoms with Gasteiger partial charge in [0.2, 0.25) is 0 Å². The largest absolute Gasteiger partial charge is 0.468 e. The number of anilines is 2. The maximum absolute atomic E-state index is 14.6. The third-order valence-corrected chi connectivity index (χ3v) is 4.54. The predicted molar refractivity (Wildman–Crippen MR) is 91.5 cm³/mol. The third kappa shape index (κ3) is 3.25. The molecule has 2 aliphatic rings. The van der Waals surface area contributed by atoms with Gasteiger partial charge in [-0.25, -0.2) is 9.29 Å². The average Bonchev–Trinajstić information content (AvgIpc) is 2.90. The van der Waals surface area contributed by atoms with Crippen LogP contribution in [0.15, 0.2) is 23.3 Å². The van der Waals surface area contributed by atoms with Crippen LogP contribution in [0, 0.1) is 15.9 Å². The van der Waals surface area contributed by atoms with Crippen LogP contribution >= 0.6 is 0 Å². The number of hydrogen-bond acceptors (Lipinski definition) is 7. The lowest BCUT2D eigenvalue weighted by molar-refractivity contribution is -0.383. The molecule has 1 aromatic carbocycles. The highest BCUT2D eigenvalue weighted by atomic mass is 19.1. The summed E-state index contributed by atoms with van der Waals surface area (Å²) in [6.07, 6.45) is 2.37. The van der Waals surface area contributed by atoms with Crippen molar-refractivity contribution >= 4 is 34.8 Å². The first-order valence-electron chi connectivity index (χ1n) is 8.24. The second-order valence-corrected chi connectivity index (χ2v) is 6.12. The second-order valence-electron chi connectivity index (χ2n) is 6.12. The molecular formula is C17H16FN3O6. The number of rotatable bonds is 5. The number of benzene rings is 1. The molecule has 3 rings (SSSR count). The minimum absolute atomic E-state index is 0.261. The van der Waals surface area contributed by atoms with Crippen LogP contribution < -0.4 is 10.2 Å². The van der Waals surface area contributed by atoms with E-state index >= 15 is 0 Å². The first-order chi connectivity index (χ1) is 12.8. The van der Waals surface area contributed by atoms with Gasteiger partial charge in [0.25, 0.3) is 17.5 Å². The maximum Gasteiger partial charge on any atom is 0.325 e. The summed E-state index contributed by atoms with van der Waals surface area (Å²) in [6, 6.07) is 1.61. The molecule has 1 heterocycles. The monoisotopic (exact) mass is 377 g/mol. The van der Waals surface area contributed by atoms with Gasteiger partial charge in [0.05, 0.1) is 17.7 Å². The number of nitro groups is 1. The van der Waals surface area contributed by atoms with Crippen molar-refractivity contribution in [1.82, 2.24) is 0 Å². The minimum atomic E-state index is -0.991. The molecule has 0 saturated heterocycles. The zero-order chi connectivity index (χ0) is 19.7. The molecule has 1 aromatic rings. The Hall–Kier alpha value is -3.30. The third-order valence-electron chi connectivity index (χ3n) is 4.54. The van der Waals surface area contributed by atoms with E-state index in [0.29, 0.717) is 28.9 Å². The second kappa shape index (κ2) is 7.14. The number of amides is 2. The molecule has 0 atom stereocenters. The van der Waals surface area contributed by atoms with Crippen LogP contribution in [0.5, 0.6) is 0 Å². The van der Waals surface area contributed by atoms with Gasteiger partial charge in [0, 0.05) is 23.3 Å². The van der Waals surface area contributed by atoms with Crippen molar-refractivity contribution in [3.05, 3.63) is 39.2 Å². The summed E-state index contributed by atoms with van der Waals surface area (Å²) in [5, 5.41) is 13.8. The molecule has 1 aliphatic heterocycles. The number of nitrogens with one attached hydrogen (secondary N) is 1. The molecule has 10 heteroatoms. The van der Waals surface area contributed by atoms with Crippen molar-refractivity contribution in [2.75, 3.05) is 23.9 Å². The average molecular weight is 377 g/mol.